The minimum Gasteiger partial charge on any atom is -0.354 e. The van der Waals surface area contributed by atoms with Crippen LogP contribution in [0, 0.1) is 0 Å². The van der Waals surface area contributed by atoms with Gasteiger partial charge in [0.2, 0.25) is 0 Å². The van der Waals surface area contributed by atoms with Crippen molar-refractivity contribution >= 4 is 53.3 Å². The van der Waals surface area contributed by atoms with Gasteiger partial charge in [-0.15, -0.1) is 11.3 Å². The highest BCUT2D eigenvalue weighted by molar-refractivity contribution is 7.26. The van der Waals surface area contributed by atoms with Gasteiger partial charge >= 0.3 is 0 Å². The maximum absolute atomic E-state index is 3.61. The highest BCUT2D eigenvalue weighted by atomic mass is 32.1. The van der Waals surface area contributed by atoms with Crippen LogP contribution in [0.25, 0.3) is 97.6 Å². The summed E-state index contributed by atoms with van der Waals surface area (Å²) in [4.78, 5) is 3.61. The van der Waals surface area contributed by atoms with E-state index in [-0.39, 0.29) is 0 Å². The second kappa shape index (κ2) is 28.3. The van der Waals surface area contributed by atoms with E-state index < -0.39 is 0 Å². The summed E-state index contributed by atoms with van der Waals surface area (Å²) in [5.74, 6) is 0. The standard InChI is InChI=1S/C18H11NS.5C12H10/c1-3-7-14-11(5-1)12-9-10-16-17(18(12)19-14)13-6-2-4-8-15(13)20-16;5*1-3-7-11(8-4-1)12-9-5-2-6-10-12/h1-10,19H;5*1-10H. The van der Waals surface area contributed by atoms with Crippen molar-refractivity contribution in [2.75, 3.05) is 0 Å². The molecule has 13 aromatic carbocycles. The lowest BCUT2D eigenvalue weighted by Gasteiger charge is -1.98. The van der Waals surface area contributed by atoms with Crippen molar-refractivity contribution < 1.29 is 0 Å². The topological polar surface area (TPSA) is 15.8 Å². The van der Waals surface area contributed by atoms with Gasteiger partial charge in [0.25, 0.3) is 0 Å². The summed E-state index contributed by atoms with van der Waals surface area (Å²) in [6.45, 7) is 0. The van der Waals surface area contributed by atoms with Gasteiger partial charge < -0.3 is 4.98 Å². The second-order valence-corrected chi connectivity index (χ2v) is 19.9. The molecule has 0 fully saturated rings. The van der Waals surface area contributed by atoms with Crippen LogP contribution in [0.2, 0.25) is 0 Å². The number of rotatable bonds is 5. The van der Waals surface area contributed by atoms with E-state index in [1.807, 2.05) is 72.0 Å². The number of para-hydroxylation sites is 1. The van der Waals surface area contributed by atoms with Crippen molar-refractivity contribution in [1.29, 1.82) is 0 Å². The zero-order valence-corrected chi connectivity index (χ0v) is 45.4. The maximum Gasteiger partial charge on any atom is 0.0559 e. The molecular weight excluding hydrogens is 983 g/mol. The summed E-state index contributed by atoms with van der Waals surface area (Å²) in [5.41, 5.74) is 15.2. The van der Waals surface area contributed by atoms with Gasteiger partial charge in [0.1, 0.15) is 0 Å². The van der Waals surface area contributed by atoms with E-state index in [2.05, 4.69) is 308 Å². The fraction of sp³-hybridized carbons (Fsp3) is 0. The largest absolute Gasteiger partial charge is 0.354 e. The molecule has 0 bridgehead atoms. The van der Waals surface area contributed by atoms with Gasteiger partial charge in [0, 0.05) is 36.5 Å². The number of aromatic amines is 1. The predicted molar refractivity (Wildman–Crippen MR) is 348 cm³/mol. The van der Waals surface area contributed by atoms with E-state index in [1.165, 1.54) is 97.6 Å². The number of H-pyrrole nitrogens is 1. The van der Waals surface area contributed by atoms with Gasteiger partial charge in [0.05, 0.1) is 5.52 Å². The number of hydrogen-bond acceptors (Lipinski definition) is 1. The molecule has 0 saturated heterocycles. The Morgan fingerprint density at radius 2 is 0.412 bits per heavy atom. The number of aromatic nitrogens is 1. The molecule has 2 aromatic heterocycles. The Bertz CT molecular complexity index is 3530. The minimum atomic E-state index is 1.21. The first-order valence-electron chi connectivity index (χ1n) is 27.1. The minimum absolute atomic E-state index is 1.21. The number of benzene rings is 13. The first-order valence-corrected chi connectivity index (χ1v) is 27.9. The summed E-state index contributed by atoms with van der Waals surface area (Å²) in [6.07, 6.45) is 0. The Morgan fingerprint density at radius 3 is 0.700 bits per heavy atom. The van der Waals surface area contributed by atoms with Crippen LogP contribution in [-0.4, -0.2) is 4.98 Å². The summed E-state index contributed by atoms with van der Waals surface area (Å²) in [7, 11) is 0. The molecule has 0 amide bonds. The fourth-order valence-corrected chi connectivity index (χ4v) is 10.6. The Labute approximate surface area is 475 Å². The zero-order chi connectivity index (χ0) is 54.2. The molecule has 0 aliphatic heterocycles. The normalized spacial score (nSPS) is 10.2. The smallest absolute Gasteiger partial charge is 0.0559 e. The molecule has 0 spiro atoms. The van der Waals surface area contributed by atoms with Gasteiger partial charge in [0.15, 0.2) is 0 Å². The summed E-state index contributed by atoms with van der Waals surface area (Å²) < 4.78 is 2.71. The fourth-order valence-electron chi connectivity index (χ4n) is 9.44. The summed E-state index contributed by atoms with van der Waals surface area (Å²) in [6, 6.07) is 126. The molecule has 0 unspecified atom stereocenters. The van der Waals surface area contributed by atoms with Crippen LogP contribution in [0.3, 0.4) is 0 Å². The molecule has 384 valence electrons. The van der Waals surface area contributed by atoms with E-state index >= 15 is 0 Å². The van der Waals surface area contributed by atoms with Gasteiger partial charge in [-0.25, -0.2) is 0 Å². The van der Waals surface area contributed by atoms with Crippen LogP contribution in [0.4, 0.5) is 0 Å². The monoisotopic (exact) mass is 1040 g/mol. The van der Waals surface area contributed by atoms with Gasteiger partial charge in [-0.3, -0.25) is 0 Å². The first kappa shape index (κ1) is 53.3. The average molecular weight is 1040 g/mol. The van der Waals surface area contributed by atoms with Gasteiger partial charge in [-0.2, -0.15) is 0 Å². The highest BCUT2D eigenvalue weighted by Crippen LogP contribution is 2.40. The van der Waals surface area contributed by atoms with Gasteiger partial charge in [-0.1, -0.05) is 346 Å². The van der Waals surface area contributed by atoms with E-state index in [0.29, 0.717) is 0 Å². The van der Waals surface area contributed by atoms with Crippen LogP contribution in [0.15, 0.2) is 364 Å². The van der Waals surface area contributed by atoms with Crippen molar-refractivity contribution in [2.24, 2.45) is 0 Å². The molecular formula is C78H61NS. The molecule has 1 N–H and O–H groups in total. The molecule has 2 heteroatoms. The van der Waals surface area contributed by atoms with Crippen LogP contribution in [0.1, 0.15) is 0 Å². The quantitative estimate of drug-likeness (QED) is 0.177. The van der Waals surface area contributed by atoms with Crippen molar-refractivity contribution in [3.63, 3.8) is 0 Å². The van der Waals surface area contributed by atoms with E-state index in [9.17, 15) is 0 Å². The molecule has 0 aliphatic carbocycles. The van der Waals surface area contributed by atoms with Crippen LogP contribution in [-0.2, 0) is 0 Å². The Kier molecular flexibility index (Phi) is 18.9. The Morgan fingerprint density at radius 1 is 0.175 bits per heavy atom. The lowest BCUT2D eigenvalue weighted by atomic mass is 10.1. The third-order valence-electron chi connectivity index (χ3n) is 13.4. The van der Waals surface area contributed by atoms with Crippen molar-refractivity contribution in [1.82, 2.24) is 4.98 Å². The second-order valence-electron chi connectivity index (χ2n) is 18.8. The molecule has 0 atom stereocenters. The molecule has 0 saturated carbocycles. The van der Waals surface area contributed by atoms with Crippen molar-refractivity contribution in [3.8, 4) is 55.6 Å². The van der Waals surface area contributed by atoms with Crippen molar-refractivity contribution in [3.05, 3.63) is 364 Å². The zero-order valence-electron chi connectivity index (χ0n) is 44.5. The van der Waals surface area contributed by atoms with Crippen molar-refractivity contribution in [2.45, 2.75) is 0 Å². The maximum atomic E-state index is 3.61. The van der Waals surface area contributed by atoms with Crippen LogP contribution >= 0.6 is 11.3 Å². The van der Waals surface area contributed by atoms with E-state index in [1.54, 1.807) is 0 Å². The lowest BCUT2D eigenvalue weighted by Crippen LogP contribution is -1.73. The molecule has 2 heterocycles. The van der Waals surface area contributed by atoms with E-state index in [0.717, 1.165) is 0 Å². The summed E-state index contributed by atoms with van der Waals surface area (Å²) in [5, 5.41) is 5.33. The third kappa shape index (κ3) is 14.5. The predicted octanol–water partition coefficient (Wildman–Crippen LogP) is 22.5. The number of nitrogens with one attached hydrogen (secondary N) is 1. The number of thiophene rings is 1. The highest BCUT2D eigenvalue weighted by Gasteiger charge is 2.12. The molecule has 15 aromatic rings. The van der Waals surface area contributed by atoms with E-state index in [4.69, 9.17) is 0 Å². The molecule has 15 rings (SSSR count). The number of hydrogen-bond donors (Lipinski definition) is 1. The Hall–Kier alpha value is -10.1. The SMILES string of the molecule is c1ccc(-c2ccccc2)cc1.c1ccc(-c2ccccc2)cc1.c1ccc(-c2ccccc2)cc1.c1ccc(-c2ccccc2)cc1.c1ccc(-c2ccccc2)cc1.c1ccc2c(c1)[nH]c1c2ccc2sc3ccccc3c21. The average Bonchev–Trinajstić information content (AvgIpc) is 4.24. The Balaban J connectivity index is 0.000000110. The molecule has 0 radical (unpaired) electrons. The van der Waals surface area contributed by atoms with Gasteiger partial charge in [-0.05, 0) is 73.8 Å². The molecule has 0 aliphatic rings. The third-order valence-corrected chi connectivity index (χ3v) is 14.6. The van der Waals surface area contributed by atoms with Crippen LogP contribution < -0.4 is 0 Å². The molecule has 80 heavy (non-hydrogen) atoms. The van der Waals surface area contributed by atoms with Crippen LogP contribution in [0.5, 0.6) is 0 Å². The summed E-state index contributed by atoms with van der Waals surface area (Å²) >= 11 is 1.87. The molecule has 1 nitrogen and oxygen atoms in total. The first-order chi connectivity index (χ1) is 39.7. The lowest BCUT2D eigenvalue weighted by molar-refractivity contribution is 1.57. The number of fused-ring (bicyclic) bond motifs is 7.